The number of nitrogens with zero attached hydrogens (tertiary/aromatic N) is 9. The van der Waals surface area contributed by atoms with E-state index in [9.17, 15) is 33.9 Å². The van der Waals surface area contributed by atoms with E-state index in [1.807, 2.05) is 30.5 Å². The summed E-state index contributed by atoms with van der Waals surface area (Å²) in [4.78, 5) is 99.0. The first kappa shape index (κ1) is 52.5. The lowest BCUT2D eigenvalue weighted by Gasteiger charge is -2.55. The second-order valence-corrected chi connectivity index (χ2v) is 25.5. The molecular formula is C61H73N11O7. The van der Waals surface area contributed by atoms with Crippen LogP contribution in [-0.2, 0) is 42.6 Å². The van der Waals surface area contributed by atoms with Crippen molar-refractivity contribution < 1.29 is 29.1 Å². The van der Waals surface area contributed by atoms with Crippen LogP contribution in [0.5, 0.6) is 0 Å². The molecule has 2 aliphatic carbocycles. The van der Waals surface area contributed by atoms with E-state index in [0.29, 0.717) is 76.0 Å². The minimum Gasteiger partial charge on any atom is -0.392 e. The quantitative estimate of drug-likeness (QED) is 0.125. The first-order chi connectivity index (χ1) is 37.7. The first-order valence-electron chi connectivity index (χ1n) is 28.4. The number of nitrogens with one attached hydrogen (secondary N) is 2. The highest BCUT2D eigenvalue weighted by Gasteiger charge is 2.48. The highest BCUT2D eigenvalue weighted by Crippen LogP contribution is 2.51. The summed E-state index contributed by atoms with van der Waals surface area (Å²) in [5, 5.41) is 16.5. The fourth-order valence-corrected chi connectivity index (χ4v) is 14.6. The maximum atomic E-state index is 14.1. The molecule has 3 saturated heterocycles. The van der Waals surface area contributed by atoms with Crippen LogP contribution in [0, 0.1) is 16.2 Å². The third-order valence-corrected chi connectivity index (χ3v) is 18.7. The molecule has 12 rings (SSSR count). The molecule has 4 aromatic heterocycles. The van der Waals surface area contributed by atoms with Gasteiger partial charge in [-0.3, -0.25) is 48.8 Å². The van der Waals surface area contributed by atoms with Gasteiger partial charge in [0.2, 0.25) is 11.8 Å². The Balaban J connectivity index is 0.683. The molecule has 1 unspecified atom stereocenters. The maximum Gasteiger partial charge on any atom is 0.276 e. The number of carbonyl (C=O) groups excluding carboxylic acids is 5. The summed E-state index contributed by atoms with van der Waals surface area (Å²) in [6.45, 7) is 18.0. The summed E-state index contributed by atoms with van der Waals surface area (Å²) in [6.07, 6.45) is 14.3. The highest BCUT2D eigenvalue weighted by atomic mass is 16.3. The fourth-order valence-electron chi connectivity index (χ4n) is 14.6. The van der Waals surface area contributed by atoms with E-state index in [-0.39, 0.29) is 53.2 Å². The molecule has 1 saturated carbocycles. The predicted octanol–water partition coefficient (Wildman–Crippen LogP) is 7.22. The number of amides is 5. The van der Waals surface area contributed by atoms with Crippen LogP contribution >= 0.6 is 0 Å². The molecular weight excluding hydrogens is 999 g/mol. The van der Waals surface area contributed by atoms with Gasteiger partial charge in [0.15, 0.2) is 0 Å². The van der Waals surface area contributed by atoms with Gasteiger partial charge in [-0.2, -0.15) is 0 Å². The smallest absolute Gasteiger partial charge is 0.276 e. The largest absolute Gasteiger partial charge is 0.392 e. The minimum atomic E-state index is -0.989. The fraction of sp³-hybridized carbons (Fsp3) is 0.508. The summed E-state index contributed by atoms with van der Waals surface area (Å²) >= 11 is 0. The van der Waals surface area contributed by atoms with Crippen LogP contribution < -0.4 is 30.9 Å². The van der Waals surface area contributed by atoms with Crippen LogP contribution in [0.15, 0.2) is 71.9 Å². The van der Waals surface area contributed by atoms with Crippen LogP contribution in [0.25, 0.3) is 11.1 Å². The van der Waals surface area contributed by atoms with Crippen LogP contribution in [0.1, 0.15) is 141 Å². The van der Waals surface area contributed by atoms with Gasteiger partial charge in [0.25, 0.3) is 23.3 Å². The third kappa shape index (κ3) is 9.31. The summed E-state index contributed by atoms with van der Waals surface area (Å²) in [7, 11) is 1.71. The molecule has 3 atom stereocenters. The molecule has 18 heteroatoms. The van der Waals surface area contributed by atoms with Crippen molar-refractivity contribution in [3.8, 4) is 11.1 Å². The Kier molecular flexibility index (Phi) is 13.0. The van der Waals surface area contributed by atoms with Gasteiger partial charge in [0, 0.05) is 106 Å². The highest BCUT2D eigenvalue weighted by molar-refractivity contribution is 6.23. The molecule has 18 nitrogen and oxygen atoms in total. The van der Waals surface area contributed by atoms with Gasteiger partial charge in [-0.15, -0.1) is 0 Å². The number of aromatic nitrogens is 4. The molecule has 3 N–H and O–H groups in total. The van der Waals surface area contributed by atoms with E-state index in [4.69, 9.17) is 4.98 Å². The molecule has 5 aromatic rings. The number of aliphatic hydroxyl groups is 1. The average molecular weight is 1070 g/mol. The van der Waals surface area contributed by atoms with Crippen LogP contribution in [-0.4, -0.2) is 120 Å². The molecule has 5 amide bonds. The second-order valence-electron chi connectivity index (χ2n) is 25.5. The number of aryl methyl sites for hydroxylation is 1. The van der Waals surface area contributed by atoms with Gasteiger partial charge in [-0.25, -0.2) is 9.97 Å². The van der Waals surface area contributed by atoms with E-state index in [2.05, 4.69) is 82.5 Å². The summed E-state index contributed by atoms with van der Waals surface area (Å²) in [5.74, 6) is -1.14. The third-order valence-electron chi connectivity index (χ3n) is 18.7. The van der Waals surface area contributed by atoms with Crippen LogP contribution in [0.3, 0.4) is 0 Å². The molecule has 4 fully saturated rings. The Bertz CT molecular complexity index is 3380. The van der Waals surface area contributed by atoms with Crippen molar-refractivity contribution in [2.45, 2.75) is 143 Å². The molecule has 5 aliphatic heterocycles. The van der Waals surface area contributed by atoms with Crippen LogP contribution in [0.4, 0.5) is 28.7 Å². The summed E-state index contributed by atoms with van der Waals surface area (Å²) in [6, 6.07) is 15.1. The lowest BCUT2D eigenvalue weighted by atomic mass is 9.62. The van der Waals surface area contributed by atoms with Gasteiger partial charge in [-0.1, -0.05) is 34.6 Å². The molecule has 79 heavy (non-hydrogen) atoms. The van der Waals surface area contributed by atoms with Gasteiger partial charge in [0.05, 0.1) is 29.6 Å². The number of hydrogen-bond donors (Lipinski definition) is 3. The summed E-state index contributed by atoms with van der Waals surface area (Å²) < 4.78 is 3.69. The molecule has 1 spiro atoms. The Morgan fingerprint density at radius 3 is 2.29 bits per heavy atom. The van der Waals surface area contributed by atoms with Crippen molar-refractivity contribution in [2.24, 2.45) is 23.3 Å². The number of piperidine rings is 2. The first-order valence-corrected chi connectivity index (χ1v) is 28.4. The zero-order valence-electron chi connectivity index (χ0n) is 46.6. The number of fused-ring (bicyclic) bond motifs is 4. The number of benzene rings is 1. The van der Waals surface area contributed by atoms with E-state index in [1.54, 1.807) is 42.5 Å². The molecule has 9 heterocycles. The molecule has 1 aromatic carbocycles. The molecule has 0 bridgehead atoms. The zero-order valence-corrected chi connectivity index (χ0v) is 46.6. The SMILES string of the molecule is C[C@H]1CN(C2CCC3(CC2)CCN(c2ccc(Nc4cc(-c5ccnc(N6CCn7c(cc8c7CC(C)(C)C8)C6=O)c5CO)cn(C)c4=O)nc2)[C@@H](C(C)(C)C)C3)CCN1c1ccc2c(c1)C(=O)N(C1CCC(=O)NC1=O)C2=O. The van der Waals surface area contributed by atoms with E-state index in [0.717, 1.165) is 81.0 Å². The van der Waals surface area contributed by atoms with Crippen molar-refractivity contribution in [1.29, 1.82) is 0 Å². The molecule has 0 radical (unpaired) electrons. The molecule has 414 valence electrons. The predicted molar refractivity (Wildman–Crippen MR) is 302 cm³/mol. The lowest BCUT2D eigenvalue weighted by Crippen LogP contribution is -2.57. The maximum absolute atomic E-state index is 14.1. The van der Waals surface area contributed by atoms with Crippen LogP contribution in [0.2, 0.25) is 0 Å². The van der Waals surface area contributed by atoms with Gasteiger partial charge >= 0.3 is 0 Å². The number of aliphatic hydroxyl groups excluding tert-OH is 1. The molecule has 7 aliphatic rings. The Morgan fingerprint density at radius 1 is 0.797 bits per heavy atom. The zero-order chi connectivity index (χ0) is 55.4. The minimum absolute atomic E-state index is 0.00262. The van der Waals surface area contributed by atoms with E-state index >= 15 is 0 Å². The lowest BCUT2D eigenvalue weighted by molar-refractivity contribution is -0.136. The van der Waals surface area contributed by atoms with Crippen molar-refractivity contribution in [1.82, 2.24) is 34.2 Å². The second kappa shape index (κ2) is 19.6. The Morgan fingerprint density at radius 2 is 1.57 bits per heavy atom. The van der Waals surface area contributed by atoms with Gasteiger partial charge in [-0.05, 0) is 141 Å². The van der Waals surface area contributed by atoms with Crippen molar-refractivity contribution in [2.75, 3.05) is 52.7 Å². The number of hydrogen-bond acceptors (Lipinski definition) is 13. The Hall–Kier alpha value is -7.18. The average Bonchev–Trinajstić information content (AvgIpc) is 4.25. The number of piperazine rings is 1. The Labute approximate surface area is 461 Å². The normalized spacial score (nSPS) is 25.2. The number of rotatable bonds is 9. The van der Waals surface area contributed by atoms with E-state index in [1.165, 1.54) is 28.7 Å². The monoisotopic (exact) mass is 1070 g/mol. The topological polar surface area (TPSA) is 199 Å². The number of carbonyl (C=O) groups is 5. The summed E-state index contributed by atoms with van der Waals surface area (Å²) in [5.41, 5.74) is 8.14. The van der Waals surface area contributed by atoms with E-state index < -0.39 is 29.7 Å². The van der Waals surface area contributed by atoms with Crippen molar-refractivity contribution >= 4 is 58.2 Å². The standard InChI is InChI=1S/C61H73N11O7/c1-36-33-67(22-23-68(36)40-8-10-43-44(28-40)56(77)72(55(43)76)47-11-13-52(74)65-54(47)75)39-14-17-61(18-15-39)19-21-69(50(31-61)59(2,3)4)41-9-12-51(63-32-41)64-46-26-38(34-66(7)57(46)78)42-16-20-62-53(45(42)35-73)71-25-24-70-48(58(71)79)27-37-29-60(5,6)30-49(37)70/h8-10,12,16,20,26-28,32,34,36,39,47,50,73H,11,13-15,17-19,21-25,29-31,33,35H2,1-7H3,(H,63,64)(H,65,74,75)/t36-,39?,47?,50+,61?/m0/s1. The number of pyridine rings is 3. The number of imide groups is 2. The van der Waals surface area contributed by atoms with Crippen molar-refractivity contribution in [3.63, 3.8) is 0 Å². The van der Waals surface area contributed by atoms with Crippen molar-refractivity contribution in [3.05, 3.63) is 111 Å². The van der Waals surface area contributed by atoms with Gasteiger partial charge in [0.1, 0.15) is 29.1 Å². The number of anilines is 5. The van der Waals surface area contributed by atoms with Gasteiger partial charge < -0.3 is 29.4 Å².